The van der Waals surface area contributed by atoms with Gasteiger partial charge in [0.05, 0.1) is 12.3 Å². The van der Waals surface area contributed by atoms with Crippen molar-refractivity contribution in [2.24, 2.45) is 5.73 Å². The lowest BCUT2D eigenvalue weighted by Crippen LogP contribution is -2.45. The number of carbonyl (C=O) groups excluding carboxylic acids is 4. The molecule has 0 spiro atoms. The molecule has 1 heterocycles. The van der Waals surface area contributed by atoms with Crippen LogP contribution in [0.2, 0.25) is 0 Å². The first-order chi connectivity index (χ1) is 17.7. The highest BCUT2D eigenvalue weighted by molar-refractivity contribution is 7.09. The number of benzene rings is 2. The van der Waals surface area contributed by atoms with Crippen LogP contribution in [0.15, 0.2) is 48.5 Å². The quantitative estimate of drug-likeness (QED) is 0.291. The van der Waals surface area contributed by atoms with Gasteiger partial charge in [-0.3, -0.25) is 24.1 Å². The Morgan fingerprint density at radius 1 is 1.08 bits per heavy atom. The number of rotatable bonds is 10. The summed E-state index contributed by atoms with van der Waals surface area (Å²) in [7, 11) is 0. The van der Waals surface area contributed by atoms with Crippen molar-refractivity contribution in [2.45, 2.75) is 26.3 Å². The number of primary amides is 1. The first kappa shape index (κ1) is 27.1. The number of nitrogens with zero attached hydrogens (tertiary/aromatic N) is 2. The van der Waals surface area contributed by atoms with Gasteiger partial charge in [0, 0.05) is 5.69 Å². The van der Waals surface area contributed by atoms with E-state index in [2.05, 4.69) is 9.69 Å². The van der Waals surface area contributed by atoms with Crippen molar-refractivity contribution in [3.05, 3.63) is 70.2 Å². The summed E-state index contributed by atoms with van der Waals surface area (Å²) >= 11 is 0.682. The number of aromatic nitrogens is 1. The highest BCUT2D eigenvalue weighted by Crippen LogP contribution is 2.33. The fourth-order valence-corrected chi connectivity index (χ4v) is 4.30. The second-order valence-electron chi connectivity index (χ2n) is 7.85. The van der Waals surface area contributed by atoms with Crippen molar-refractivity contribution in [3.8, 4) is 5.75 Å². The minimum atomic E-state index is -1.30. The number of esters is 1. The fraction of sp³-hybridized carbons (Fsp3) is 0.240. The Labute approximate surface area is 217 Å². The van der Waals surface area contributed by atoms with Gasteiger partial charge in [0.25, 0.3) is 11.8 Å². The van der Waals surface area contributed by atoms with Crippen LogP contribution in [-0.2, 0) is 20.7 Å². The summed E-state index contributed by atoms with van der Waals surface area (Å²) in [5.74, 6) is -2.99. The van der Waals surface area contributed by atoms with Gasteiger partial charge in [-0.2, -0.15) is 4.37 Å². The summed E-state index contributed by atoms with van der Waals surface area (Å²) < 4.78 is 8.80. The van der Waals surface area contributed by atoms with Crippen molar-refractivity contribution >= 4 is 46.6 Å². The van der Waals surface area contributed by atoms with E-state index in [9.17, 15) is 24.3 Å². The second-order valence-corrected chi connectivity index (χ2v) is 8.62. The van der Waals surface area contributed by atoms with Gasteiger partial charge in [-0.1, -0.05) is 31.2 Å². The summed E-state index contributed by atoms with van der Waals surface area (Å²) in [6.07, 6.45) is 0.749. The molecule has 0 aliphatic rings. The molecule has 1 unspecified atom stereocenters. The SMILES string of the molecule is CCOC(=O)CNC(=O)C(c1ccc(O)cc1)N(C(=O)c1snc(C(N)=O)c1N)c1ccc(CC)cc1. The number of nitrogens with one attached hydrogen (secondary N) is 1. The molecule has 11 nitrogen and oxygen atoms in total. The average molecular weight is 526 g/mol. The molecule has 0 fully saturated rings. The topological polar surface area (TPSA) is 178 Å². The van der Waals surface area contributed by atoms with Gasteiger partial charge in [0.2, 0.25) is 5.91 Å². The molecule has 0 aliphatic carbocycles. The highest BCUT2D eigenvalue weighted by atomic mass is 32.1. The van der Waals surface area contributed by atoms with Gasteiger partial charge in [0.15, 0.2) is 5.69 Å². The van der Waals surface area contributed by atoms with E-state index in [4.69, 9.17) is 16.2 Å². The maximum absolute atomic E-state index is 13.9. The van der Waals surface area contributed by atoms with Crippen LogP contribution in [0, 0.1) is 0 Å². The number of hydrogen-bond donors (Lipinski definition) is 4. The molecule has 3 aromatic rings. The average Bonchev–Trinajstić information content (AvgIpc) is 3.28. The smallest absolute Gasteiger partial charge is 0.325 e. The van der Waals surface area contributed by atoms with E-state index in [-0.39, 0.29) is 28.6 Å². The molecule has 1 aromatic heterocycles. The Morgan fingerprint density at radius 2 is 1.73 bits per heavy atom. The zero-order valence-electron chi connectivity index (χ0n) is 20.3. The zero-order chi connectivity index (χ0) is 27.1. The number of amides is 3. The number of carbonyl (C=O) groups is 4. The van der Waals surface area contributed by atoms with Gasteiger partial charge >= 0.3 is 5.97 Å². The number of phenolic OH excluding ortho intramolecular Hbond substituents is 1. The third kappa shape index (κ3) is 6.22. The predicted molar refractivity (Wildman–Crippen MR) is 138 cm³/mol. The largest absolute Gasteiger partial charge is 0.508 e. The molecule has 0 radical (unpaired) electrons. The van der Waals surface area contributed by atoms with Crippen molar-refractivity contribution in [3.63, 3.8) is 0 Å². The highest BCUT2D eigenvalue weighted by Gasteiger charge is 2.36. The molecule has 0 bridgehead atoms. The molecule has 2 aromatic carbocycles. The number of phenols is 1. The number of aryl methyl sites for hydroxylation is 1. The number of ether oxygens (including phenoxy) is 1. The molecule has 6 N–H and O–H groups in total. The van der Waals surface area contributed by atoms with Crippen LogP contribution < -0.4 is 21.7 Å². The molecule has 1 atom stereocenters. The van der Waals surface area contributed by atoms with Gasteiger partial charge < -0.3 is 26.6 Å². The first-order valence-corrected chi connectivity index (χ1v) is 12.1. The van der Waals surface area contributed by atoms with Crippen molar-refractivity contribution in [1.82, 2.24) is 9.69 Å². The molecule has 0 saturated carbocycles. The van der Waals surface area contributed by atoms with Crippen LogP contribution in [0.5, 0.6) is 5.75 Å². The molecular formula is C25H27N5O6S. The van der Waals surface area contributed by atoms with Crippen LogP contribution in [0.4, 0.5) is 11.4 Å². The Bertz CT molecular complexity index is 1290. The lowest BCUT2D eigenvalue weighted by Gasteiger charge is -2.31. The minimum absolute atomic E-state index is 0.0441. The molecule has 3 amide bonds. The second kappa shape index (κ2) is 12.0. The standard InChI is InChI=1S/C25H27N5O6S/c1-3-14-5-9-16(10-6-14)30(25(35)22-19(26)20(23(27)33)29-37-22)21(15-7-11-17(31)12-8-15)24(34)28-13-18(32)36-4-2/h5-12,21,31H,3-4,13,26H2,1-2H3,(H2,27,33)(H,28,34). The van der Waals surface area contributed by atoms with Crippen molar-refractivity contribution < 1.29 is 29.0 Å². The Balaban J connectivity index is 2.15. The number of aromatic hydroxyl groups is 1. The van der Waals surface area contributed by atoms with E-state index in [0.29, 0.717) is 22.8 Å². The monoisotopic (exact) mass is 525 g/mol. The van der Waals surface area contributed by atoms with Crippen LogP contribution in [0.25, 0.3) is 0 Å². The predicted octanol–water partition coefficient (Wildman–Crippen LogP) is 2.16. The van der Waals surface area contributed by atoms with Gasteiger partial charge in [-0.25, -0.2) is 0 Å². The Kier molecular flexibility index (Phi) is 8.80. The van der Waals surface area contributed by atoms with Gasteiger partial charge in [0.1, 0.15) is 23.2 Å². The number of hydrogen-bond acceptors (Lipinski definition) is 9. The fourth-order valence-electron chi connectivity index (χ4n) is 3.56. The first-order valence-electron chi connectivity index (χ1n) is 11.4. The lowest BCUT2D eigenvalue weighted by atomic mass is 10.0. The van der Waals surface area contributed by atoms with Crippen LogP contribution in [-0.4, -0.2) is 46.3 Å². The number of anilines is 2. The number of nitrogens with two attached hydrogens (primary N) is 2. The van der Waals surface area contributed by atoms with Gasteiger partial charge in [-0.05, 0) is 60.3 Å². The van der Waals surface area contributed by atoms with E-state index < -0.39 is 36.3 Å². The molecule has 3 rings (SSSR count). The van der Waals surface area contributed by atoms with E-state index >= 15 is 0 Å². The molecule has 37 heavy (non-hydrogen) atoms. The van der Waals surface area contributed by atoms with Crippen LogP contribution in [0.3, 0.4) is 0 Å². The van der Waals surface area contributed by atoms with E-state index in [1.165, 1.54) is 29.2 Å². The zero-order valence-corrected chi connectivity index (χ0v) is 21.1. The summed E-state index contributed by atoms with van der Waals surface area (Å²) in [4.78, 5) is 52.2. The van der Waals surface area contributed by atoms with E-state index in [0.717, 1.165) is 12.0 Å². The molecular weight excluding hydrogens is 498 g/mol. The van der Waals surface area contributed by atoms with E-state index in [1.54, 1.807) is 19.1 Å². The third-order valence-corrected chi connectivity index (χ3v) is 6.28. The molecule has 12 heteroatoms. The molecule has 0 aliphatic heterocycles. The summed E-state index contributed by atoms with van der Waals surface area (Å²) in [6.45, 7) is 3.33. The van der Waals surface area contributed by atoms with Crippen LogP contribution in [0.1, 0.15) is 51.2 Å². The van der Waals surface area contributed by atoms with Crippen molar-refractivity contribution in [1.29, 1.82) is 0 Å². The Morgan fingerprint density at radius 3 is 2.27 bits per heavy atom. The summed E-state index contributed by atoms with van der Waals surface area (Å²) in [5, 5.41) is 12.3. The summed E-state index contributed by atoms with van der Waals surface area (Å²) in [5.41, 5.74) is 12.6. The Hall–Kier alpha value is -4.45. The minimum Gasteiger partial charge on any atom is -0.508 e. The lowest BCUT2D eigenvalue weighted by molar-refractivity contribution is -0.143. The van der Waals surface area contributed by atoms with E-state index in [1.807, 2.05) is 19.1 Å². The normalized spacial score (nSPS) is 11.4. The maximum atomic E-state index is 13.9. The van der Waals surface area contributed by atoms with Crippen molar-refractivity contribution in [2.75, 3.05) is 23.8 Å². The molecule has 194 valence electrons. The maximum Gasteiger partial charge on any atom is 0.325 e. The summed E-state index contributed by atoms with van der Waals surface area (Å²) in [6, 6.07) is 11.4. The number of nitrogen functional groups attached to an aromatic ring is 1. The third-order valence-electron chi connectivity index (χ3n) is 5.42. The van der Waals surface area contributed by atoms with Gasteiger partial charge in [-0.15, -0.1) is 0 Å². The van der Waals surface area contributed by atoms with Crippen LogP contribution >= 0.6 is 11.5 Å². The molecule has 0 saturated heterocycles.